The van der Waals surface area contributed by atoms with Gasteiger partial charge < -0.3 is 4.57 Å². The first kappa shape index (κ1) is 30.1. The van der Waals surface area contributed by atoms with E-state index in [1.807, 2.05) is 23.5 Å². The number of rotatable bonds is 3. The van der Waals surface area contributed by atoms with Crippen molar-refractivity contribution < 1.29 is 0 Å². The molecular formula is C48H31NS2. The molecule has 0 unspecified atom stereocenters. The number of nitrogens with zero attached hydrogens (tertiary/aromatic N) is 1. The van der Waals surface area contributed by atoms with E-state index in [-0.39, 0.29) is 0 Å². The predicted molar refractivity (Wildman–Crippen MR) is 217 cm³/mol. The Morgan fingerprint density at radius 2 is 0.863 bits per heavy atom. The number of hydrogen-bond donors (Lipinski definition) is 0. The molecule has 1 nitrogen and oxygen atoms in total. The first-order chi connectivity index (χ1) is 25.3. The lowest BCUT2D eigenvalue weighted by molar-refractivity contribution is 1.18. The maximum Gasteiger partial charge on any atom is 0.0547 e. The maximum atomic E-state index is 2.43. The lowest BCUT2D eigenvalue weighted by atomic mass is 9.92. The molecule has 0 bridgehead atoms. The van der Waals surface area contributed by atoms with Gasteiger partial charge in [-0.3, -0.25) is 0 Å². The van der Waals surface area contributed by atoms with Crippen molar-refractivity contribution in [1.29, 1.82) is 0 Å². The van der Waals surface area contributed by atoms with Gasteiger partial charge in [0.2, 0.25) is 0 Å². The lowest BCUT2D eigenvalue weighted by Crippen LogP contribution is -1.95. The second-order valence-corrected chi connectivity index (χ2v) is 15.0. The van der Waals surface area contributed by atoms with Crippen LogP contribution in [0.15, 0.2) is 208 Å². The predicted octanol–water partition coefficient (Wildman–Crippen LogP) is 14.1. The monoisotopic (exact) mass is 685 g/mol. The number of fused-ring (bicyclic) bond motifs is 9. The molecule has 1 aromatic heterocycles. The first-order valence-corrected chi connectivity index (χ1v) is 18.9. The zero-order chi connectivity index (χ0) is 33.7. The molecule has 10 rings (SSSR count). The van der Waals surface area contributed by atoms with Crippen LogP contribution in [0.2, 0.25) is 0 Å². The molecule has 9 aromatic rings. The Morgan fingerprint density at radius 1 is 0.314 bits per heavy atom. The smallest absolute Gasteiger partial charge is 0.0547 e. The fraction of sp³-hybridized carbons (Fsp3) is 0. The molecule has 1 aliphatic heterocycles. The van der Waals surface area contributed by atoms with Crippen LogP contribution >= 0.6 is 23.5 Å². The molecule has 0 saturated heterocycles. The molecule has 2 heterocycles. The van der Waals surface area contributed by atoms with E-state index >= 15 is 0 Å². The van der Waals surface area contributed by atoms with Crippen molar-refractivity contribution in [3.63, 3.8) is 0 Å². The van der Waals surface area contributed by atoms with Crippen LogP contribution in [0.5, 0.6) is 0 Å². The molecule has 0 N–H and O–H groups in total. The molecule has 51 heavy (non-hydrogen) atoms. The molecule has 0 aliphatic carbocycles. The second kappa shape index (κ2) is 12.5. The Bertz CT molecular complexity index is 2740. The third-order valence-corrected chi connectivity index (χ3v) is 12.2. The molecule has 0 saturated carbocycles. The summed E-state index contributed by atoms with van der Waals surface area (Å²) in [7, 11) is 0. The van der Waals surface area contributed by atoms with Gasteiger partial charge in [0, 0.05) is 41.6 Å². The van der Waals surface area contributed by atoms with Crippen molar-refractivity contribution in [2.24, 2.45) is 0 Å². The second-order valence-electron chi connectivity index (χ2n) is 12.9. The van der Waals surface area contributed by atoms with Crippen LogP contribution in [0.25, 0.3) is 72.0 Å². The van der Waals surface area contributed by atoms with Crippen LogP contribution in [0.1, 0.15) is 0 Å². The minimum atomic E-state index is 1.17. The lowest BCUT2D eigenvalue weighted by Gasteiger charge is -2.22. The van der Waals surface area contributed by atoms with Gasteiger partial charge in [0.05, 0.1) is 11.0 Å². The van der Waals surface area contributed by atoms with E-state index in [9.17, 15) is 0 Å². The molecule has 1 aliphatic rings. The SMILES string of the molecule is c1ccc(-c2cccc3c2-c2cc(-c4ccc5c6ccccc6n(-c6ccccc6)c5c4)ccc2Sc2ccccc2-c2ccccc2S3)cc1. The number of para-hydroxylation sites is 2. The summed E-state index contributed by atoms with van der Waals surface area (Å²) in [6.45, 7) is 0. The highest BCUT2D eigenvalue weighted by molar-refractivity contribution is 8.00. The van der Waals surface area contributed by atoms with Gasteiger partial charge >= 0.3 is 0 Å². The fourth-order valence-electron chi connectivity index (χ4n) is 7.54. The van der Waals surface area contributed by atoms with Gasteiger partial charge in [-0.2, -0.15) is 0 Å². The van der Waals surface area contributed by atoms with E-state index in [1.165, 1.54) is 91.6 Å². The molecule has 8 aromatic carbocycles. The van der Waals surface area contributed by atoms with E-state index in [4.69, 9.17) is 0 Å². The largest absolute Gasteiger partial charge is 0.309 e. The Hall–Kier alpha value is -5.74. The van der Waals surface area contributed by atoms with Gasteiger partial charge in [-0.15, -0.1) is 0 Å². The van der Waals surface area contributed by atoms with Gasteiger partial charge in [0.15, 0.2) is 0 Å². The van der Waals surface area contributed by atoms with Crippen molar-refractivity contribution in [1.82, 2.24) is 4.57 Å². The van der Waals surface area contributed by atoms with E-state index < -0.39 is 0 Å². The molecule has 0 fully saturated rings. The number of aromatic nitrogens is 1. The van der Waals surface area contributed by atoms with Crippen LogP contribution in [0.3, 0.4) is 0 Å². The quantitative estimate of drug-likeness (QED) is 0.182. The van der Waals surface area contributed by atoms with Crippen LogP contribution in [-0.4, -0.2) is 4.57 Å². The summed E-state index contributed by atoms with van der Waals surface area (Å²) in [5, 5.41) is 2.53. The van der Waals surface area contributed by atoms with Gasteiger partial charge in [0.1, 0.15) is 0 Å². The van der Waals surface area contributed by atoms with E-state index in [1.54, 1.807) is 0 Å². The van der Waals surface area contributed by atoms with E-state index in [0.717, 1.165) is 0 Å². The Labute approximate surface area is 306 Å². The van der Waals surface area contributed by atoms with Crippen LogP contribution in [-0.2, 0) is 0 Å². The minimum Gasteiger partial charge on any atom is -0.309 e. The summed E-state index contributed by atoms with van der Waals surface area (Å²) < 4.78 is 2.40. The first-order valence-electron chi connectivity index (χ1n) is 17.3. The van der Waals surface area contributed by atoms with Crippen LogP contribution in [0.4, 0.5) is 0 Å². The summed E-state index contributed by atoms with van der Waals surface area (Å²) in [6, 6.07) is 68.8. The molecule has 0 atom stereocenters. The van der Waals surface area contributed by atoms with Crippen LogP contribution in [0, 0.1) is 0 Å². The van der Waals surface area contributed by atoms with Crippen molar-refractivity contribution in [2.75, 3.05) is 0 Å². The number of benzene rings is 8. The summed E-state index contributed by atoms with van der Waals surface area (Å²) >= 11 is 3.73. The molecular weight excluding hydrogens is 655 g/mol. The van der Waals surface area contributed by atoms with Crippen molar-refractivity contribution in [3.8, 4) is 50.2 Å². The molecule has 0 spiro atoms. The highest BCUT2D eigenvalue weighted by Gasteiger charge is 2.23. The Morgan fingerprint density at radius 3 is 1.65 bits per heavy atom. The highest BCUT2D eigenvalue weighted by atomic mass is 32.2. The molecule has 240 valence electrons. The third kappa shape index (κ3) is 5.20. The Balaban J connectivity index is 1.23. The van der Waals surface area contributed by atoms with Gasteiger partial charge in [0.25, 0.3) is 0 Å². The van der Waals surface area contributed by atoms with Crippen molar-refractivity contribution in [2.45, 2.75) is 19.6 Å². The van der Waals surface area contributed by atoms with Gasteiger partial charge in [-0.05, 0) is 93.5 Å². The zero-order valence-electron chi connectivity index (χ0n) is 27.7. The Kier molecular flexibility index (Phi) is 7.41. The highest BCUT2D eigenvalue weighted by Crippen LogP contribution is 2.51. The topological polar surface area (TPSA) is 4.93 Å². The summed E-state index contributed by atoms with van der Waals surface area (Å²) in [5.74, 6) is 0. The van der Waals surface area contributed by atoms with E-state index in [0.29, 0.717) is 0 Å². The third-order valence-electron chi connectivity index (χ3n) is 9.89. The van der Waals surface area contributed by atoms with E-state index in [2.05, 4.69) is 193 Å². The van der Waals surface area contributed by atoms with Crippen molar-refractivity contribution >= 4 is 45.3 Å². The summed E-state index contributed by atoms with van der Waals surface area (Å²) in [6.07, 6.45) is 0. The average molecular weight is 686 g/mol. The molecule has 0 amide bonds. The zero-order valence-corrected chi connectivity index (χ0v) is 29.3. The van der Waals surface area contributed by atoms with Gasteiger partial charge in [-0.1, -0.05) is 157 Å². The average Bonchev–Trinajstić information content (AvgIpc) is 3.53. The van der Waals surface area contributed by atoms with Crippen molar-refractivity contribution in [3.05, 3.63) is 188 Å². The van der Waals surface area contributed by atoms with Crippen LogP contribution < -0.4 is 0 Å². The normalized spacial score (nSPS) is 12.2. The minimum absolute atomic E-state index is 1.17. The maximum absolute atomic E-state index is 2.43. The summed E-state index contributed by atoms with van der Waals surface area (Å²) in [4.78, 5) is 5.02. The standard InChI is InChI=1S/C48H31NS2/c1-3-14-32(15-4-1)36-21-13-25-47-48(36)41-30-33(27-29-46(41)50-44-23-11-8-19-39(44)40-20-9-12-24-45(40)51-47)34-26-28-38-37-18-7-10-22-42(37)49(43(38)31-34)35-16-5-2-6-17-35/h1-31H. The number of hydrogen-bond acceptors (Lipinski definition) is 2. The summed E-state index contributed by atoms with van der Waals surface area (Å²) in [5.41, 5.74) is 13.5. The fourth-order valence-corrected chi connectivity index (χ4v) is 9.76. The molecule has 3 heteroatoms. The molecule has 0 radical (unpaired) electrons. The van der Waals surface area contributed by atoms with Gasteiger partial charge in [-0.25, -0.2) is 0 Å².